The molecule has 7 heteroatoms. The summed E-state index contributed by atoms with van der Waals surface area (Å²) in [5, 5.41) is 4.78. The molecular formula is C18H22ClN5O. The van der Waals surface area contributed by atoms with Crippen LogP contribution in [-0.4, -0.2) is 40.9 Å². The summed E-state index contributed by atoms with van der Waals surface area (Å²) in [6.45, 7) is 5.86. The van der Waals surface area contributed by atoms with Gasteiger partial charge in [0.05, 0.1) is 18.9 Å². The van der Waals surface area contributed by atoms with E-state index in [4.69, 9.17) is 15.6 Å². The molecule has 25 heavy (non-hydrogen) atoms. The molecule has 2 N–H and O–H groups in total. The number of hydrogen-bond donors (Lipinski definition) is 1. The fourth-order valence-electron chi connectivity index (χ4n) is 3.13. The molecule has 0 aliphatic carbocycles. The molecule has 6 nitrogen and oxygen atoms in total. The van der Waals surface area contributed by atoms with Crippen LogP contribution in [0.25, 0.3) is 16.9 Å². The van der Waals surface area contributed by atoms with Gasteiger partial charge in [0.1, 0.15) is 0 Å². The summed E-state index contributed by atoms with van der Waals surface area (Å²) in [5.74, 6) is 0.952. The highest BCUT2D eigenvalue weighted by Gasteiger charge is 2.16. The van der Waals surface area contributed by atoms with Crippen molar-refractivity contribution in [3.8, 4) is 11.3 Å². The summed E-state index contributed by atoms with van der Waals surface area (Å²) in [6, 6.07) is 10.4. The standard InChI is InChI=1S/C18H21N5O.ClH/c1-13-10-14(2-3-15(13)12-19)16-4-5-20-17-11-18(21-23(16)17)22-6-8-24-9-7-22;/h2-5,10-11H,6-9,12,19H2,1H3;1H. The topological polar surface area (TPSA) is 68.7 Å². The Bertz CT molecular complexity index is 873. The van der Waals surface area contributed by atoms with Gasteiger partial charge in [0.25, 0.3) is 0 Å². The zero-order chi connectivity index (χ0) is 16.5. The highest BCUT2D eigenvalue weighted by atomic mass is 35.5. The summed E-state index contributed by atoms with van der Waals surface area (Å²) in [7, 11) is 0. The van der Waals surface area contributed by atoms with Gasteiger partial charge in [-0.2, -0.15) is 0 Å². The number of hydrogen-bond acceptors (Lipinski definition) is 5. The quantitative estimate of drug-likeness (QED) is 0.777. The van der Waals surface area contributed by atoms with Crippen LogP contribution in [0.2, 0.25) is 0 Å². The predicted octanol–water partition coefficient (Wildman–Crippen LogP) is 2.42. The highest BCUT2D eigenvalue weighted by Crippen LogP contribution is 2.25. The van der Waals surface area contributed by atoms with E-state index in [0.29, 0.717) is 6.54 Å². The lowest BCUT2D eigenvalue weighted by molar-refractivity contribution is 0.122. The Morgan fingerprint density at radius 2 is 1.96 bits per heavy atom. The molecule has 0 bridgehead atoms. The summed E-state index contributed by atoms with van der Waals surface area (Å²) in [5.41, 5.74) is 11.1. The van der Waals surface area contributed by atoms with Crippen LogP contribution in [0, 0.1) is 6.92 Å². The van der Waals surface area contributed by atoms with Gasteiger partial charge in [0, 0.05) is 37.5 Å². The lowest BCUT2D eigenvalue weighted by Gasteiger charge is -2.26. The second-order valence-corrected chi connectivity index (χ2v) is 6.05. The molecule has 0 amide bonds. The second kappa shape index (κ2) is 7.39. The molecule has 2 aromatic heterocycles. The van der Waals surface area contributed by atoms with Crippen molar-refractivity contribution in [1.29, 1.82) is 0 Å². The van der Waals surface area contributed by atoms with Crippen molar-refractivity contribution in [2.24, 2.45) is 5.73 Å². The van der Waals surface area contributed by atoms with Crippen LogP contribution in [0.1, 0.15) is 11.1 Å². The molecule has 1 fully saturated rings. The number of benzene rings is 1. The molecule has 3 aromatic rings. The summed E-state index contributed by atoms with van der Waals surface area (Å²) >= 11 is 0. The number of aromatic nitrogens is 3. The van der Waals surface area contributed by atoms with E-state index in [1.54, 1.807) is 0 Å². The van der Waals surface area contributed by atoms with Crippen molar-refractivity contribution < 1.29 is 4.74 Å². The molecule has 132 valence electrons. The van der Waals surface area contributed by atoms with Gasteiger partial charge in [-0.25, -0.2) is 9.50 Å². The first kappa shape index (κ1) is 17.7. The number of aryl methyl sites for hydroxylation is 1. The van der Waals surface area contributed by atoms with Crippen LogP contribution >= 0.6 is 12.4 Å². The van der Waals surface area contributed by atoms with E-state index < -0.39 is 0 Å². The molecule has 0 radical (unpaired) electrons. The number of morpholine rings is 1. The van der Waals surface area contributed by atoms with Crippen molar-refractivity contribution in [2.75, 3.05) is 31.2 Å². The lowest BCUT2D eigenvalue weighted by Crippen LogP contribution is -2.36. The third-order valence-electron chi connectivity index (χ3n) is 4.54. The van der Waals surface area contributed by atoms with E-state index in [1.807, 2.05) is 22.8 Å². The van der Waals surface area contributed by atoms with Crippen molar-refractivity contribution in [3.63, 3.8) is 0 Å². The van der Waals surface area contributed by atoms with Gasteiger partial charge in [-0.3, -0.25) is 0 Å². The molecule has 0 atom stereocenters. The number of nitrogens with two attached hydrogens (primary N) is 1. The Hall–Kier alpha value is -2.15. The number of rotatable bonds is 3. The first-order valence-electron chi connectivity index (χ1n) is 8.24. The van der Waals surface area contributed by atoms with Crippen LogP contribution in [0.3, 0.4) is 0 Å². The third kappa shape index (κ3) is 3.33. The Kier molecular flexibility index (Phi) is 5.22. The second-order valence-electron chi connectivity index (χ2n) is 6.05. The lowest BCUT2D eigenvalue weighted by atomic mass is 10.0. The Balaban J connectivity index is 0.00000182. The summed E-state index contributed by atoms with van der Waals surface area (Å²) < 4.78 is 7.34. The molecule has 0 spiro atoms. The molecule has 0 unspecified atom stereocenters. The fourth-order valence-corrected chi connectivity index (χ4v) is 3.13. The molecule has 1 aliphatic rings. The third-order valence-corrected chi connectivity index (χ3v) is 4.54. The van der Waals surface area contributed by atoms with Crippen molar-refractivity contribution in [1.82, 2.24) is 14.6 Å². The smallest absolute Gasteiger partial charge is 0.157 e. The minimum atomic E-state index is 0. The zero-order valence-electron chi connectivity index (χ0n) is 14.2. The van der Waals surface area contributed by atoms with Gasteiger partial charge >= 0.3 is 0 Å². The minimum absolute atomic E-state index is 0. The fraction of sp³-hybridized carbons (Fsp3) is 0.333. The van der Waals surface area contributed by atoms with Gasteiger partial charge < -0.3 is 15.4 Å². The monoisotopic (exact) mass is 359 g/mol. The minimum Gasteiger partial charge on any atom is -0.378 e. The Labute approximate surface area is 153 Å². The summed E-state index contributed by atoms with van der Waals surface area (Å²) in [6.07, 6.45) is 1.83. The molecule has 0 saturated carbocycles. The first-order chi connectivity index (χ1) is 11.8. The van der Waals surface area contributed by atoms with Crippen molar-refractivity contribution in [3.05, 3.63) is 47.7 Å². The van der Waals surface area contributed by atoms with E-state index in [2.05, 4.69) is 35.0 Å². The molecule has 1 aliphatic heterocycles. The van der Waals surface area contributed by atoms with Crippen LogP contribution in [-0.2, 0) is 11.3 Å². The maximum Gasteiger partial charge on any atom is 0.157 e. The summed E-state index contributed by atoms with van der Waals surface area (Å²) in [4.78, 5) is 6.70. The van der Waals surface area contributed by atoms with E-state index in [-0.39, 0.29) is 12.4 Å². The van der Waals surface area contributed by atoms with Crippen molar-refractivity contribution >= 4 is 23.9 Å². The Morgan fingerprint density at radius 3 is 2.68 bits per heavy atom. The molecule has 4 rings (SSSR count). The largest absolute Gasteiger partial charge is 0.378 e. The molecule has 1 aromatic carbocycles. The van der Waals surface area contributed by atoms with Crippen LogP contribution in [0.5, 0.6) is 0 Å². The average molecular weight is 360 g/mol. The van der Waals surface area contributed by atoms with Gasteiger partial charge in [-0.1, -0.05) is 12.1 Å². The SMILES string of the molecule is Cc1cc(-c2ccnc3cc(N4CCOCC4)nn23)ccc1CN.Cl. The first-order valence-corrected chi connectivity index (χ1v) is 8.24. The van der Waals surface area contributed by atoms with Crippen LogP contribution in [0.4, 0.5) is 5.82 Å². The number of anilines is 1. The van der Waals surface area contributed by atoms with E-state index in [1.165, 1.54) is 11.1 Å². The normalized spacial score (nSPS) is 14.6. The predicted molar refractivity (Wildman–Crippen MR) is 101 cm³/mol. The van der Waals surface area contributed by atoms with Crippen molar-refractivity contribution in [2.45, 2.75) is 13.5 Å². The maximum atomic E-state index is 5.77. The molecule has 3 heterocycles. The van der Waals surface area contributed by atoms with Gasteiger partial charge in [0.15, 0.2) is 11.5 Å². The van der Waals surface area contributed by atoms with Gasteiger partial charge in [-0.05, 0) is 30.2 Å². The van der Waals surface area contributed by atoms with Crippen LogP contribution < -0.4 is 10.6 Å². The van der Waals surface area contributed by atoms with E-state index in [9.17, 15) is 0 Å². The highest BCUT2D eigenvalue weighted by molar-refractivity contribution is 5.85. The number of fused-ring (bicyclic) bond motifs is 1. The van der Waals surface area contributed by atoms with E-state index >= 15 is 0 Å². The van der Waals surface area contributed by atoms with Crippen LogP contribution in [0.15, 0.2) is 36.5 Å². The number of nitrogens with zero attached hydrogens (tertiary/aromatic N) is 4. The number of ether oxygens (including phenoxy) is 1. The average Bonchev–Trinajstić information content (AvgIpc) is 3.06. The Morgan fingerprint density at radius 1 is 1.16 bits per heavy atom. The number of halogens is 1. The van der Waals surface area contributed by atoms with Gasteiger partial charge in [0.2, 0.25) is 0 Å². The molecular weight excluding hydrogens is 338 g/mol. The van der Waals surface area contributed by atoms with Gasteiger partial charge in [-0.15, -0.1) is 17.5 Å². The maximum absolute atomic E-state index is 5.77. The zero-order valence-corrected chi connectivity index (χ0v) is 15.0. The van der Waals surface area contributed by atoms with E-state index in [0.717, 1.165) is 49.0 Å². The molecule has 1 saturated heterocycles.